The molecule has 0 radical (unpaired) electrons. The van der Waals surface area contributed by atoms with Gasteiger partial charge in [0.15, 0.2) is 0 Å². The number of nitrogens with one attached hydrogen (secondary N) is 1. The van der Waals surface area contributed by atoms with Crippen molar-refractivity contribution in [3.8, 4) is 0 Å². The molecule has 20 heavy (non-hydrogen) atoms. The maximum atomic E-state index is 4.16. The Labute approximate surface area is 125 Å². The molecule has 0 bridgehead atoms. The number of benzene rings is 1. The summed E-state index contributed by atoms with van der Waals surface area (Å²) in [5.41, 5.74) is 4.31. The van der Waals surface area contributed by atoms with Gasteiger partial charge in [0.2, 0.25) is 0 Å². The molecule has 0 aliphatic rings. The van der Waals surface area contributed by atoms with Gasteiger partial charge in [-0.2, -0.15) is 0 Å². The van der Waals surface area contributed by atoms with Crippen molar-refractivity contribution in [1.82, 2.24) is 5.32 Å². The van der Waals surface area contributed by atoms with Gasteiger partial charge in [0, 0.05) is 6.04 Å². The normalized spacial score (nSPS) is 13.2. The Kier molecular flexibility index (Phi) is 6.48. The average molecular weight is 273 g/mol. The van der Waals surface area contributed by atoms with E-state index < -0.39 is 0 Å². The molecule has 0 saturated heterocycles. The van der Waals surface area contributed by atoms with Crippen molar-refractivity contribution < 1.29 is 0 Å². The number of hydrogen-bond acceptors (Lipinski definition) is 1. The topological polar surface area (TPSA) is 12.0 Å². The van der Waals surface area contributed by atoms with Gasteiger partial charge in [-0.25, -0.2) is 0 Å². The molecule has 112 valence electrons. The molecule has 1 unspecified atom stereocenters. The molecule has 1 rings (SSSR count). The van der Waals surface area contributed by atoms with Crippen LogP contribution in [0.1, 0.15) is 71.0 Å². The van der Waals surface area contributed by atoms with E-state index in [1.165, 1.54) is 16.7 Å². The fraction of sp³-hybridized carbons (Fsp3) is 0.579. The number of hydrogen-bond donors (Lipinski definition) is 1. The van der Waals surface area contributed by atoms with Gasteiger partial charge in [-0.15, -0.1) is 0 Å². The van der Waals surface area contributed by atoms with E-state index in [0.29, 0.717) is 6.04 Å². The Morgan fingerprint density at radius 1 is 1.15 bits per heavy atom. The largest absolute Gasteiger partial charge is 0.310 e. The summed E-state index contributed by atoms with van der Waals surface area (Å²) < 4.78 is 0. The average Bonchev–Trinajstić information content (AvgIpc) is 2.42. The van der Waals surface area contributed by atoms with Gasteiger partial charge < -0.3 is 5.32 Å². The van der Waals surface area contributed by atoms with Gasteiger partial charge in [0.05, 0.1) is 0 Å². The van der Waals surface area contributed by atoms with Crippen molar-refractivity contribution in [2.75, 3.05) is 6.54 Å². The van der Waals surface area contributed by atoms with Crippen LogP contribution in [-0.2, 0) is 5.41 Å². The molecule has 1 aromatic rings. The SMILES string of the molecule is C=C(CC)CC(NCCC)c1ccc(C(C)(C)C)cc1. The highest BCUT2D eigenvalue weighted by Crippen LogP contribution is 2.26. The molecule has 0 aliphatic heterocycles. The second-order valence-corrected chi connectivity index (χ2v) is 6.69. The first-order valence-electron chi connectivity index (χ1n) is 7.89. The van der Waals surface area contributed by atoms with Crippen LogP contribution >= 0.6 is 0 Å². The lowest BCUT2D eigenvalue weighted by molar-refractivity contribution is 0.522. The van der Waals surface area contributed by atoms with E-state index in [9.17, 15) is 0 Å². The van der Waals surface area contributed by atoms with Crippen LogP contribution in [0.25, 0.3) is 0 Å². The summed E-state index contributed by atoms with van der Waals surface area (Å²) in [6.07, 6.45) is 3.25. The van der Waals surface area contributed by atoms with E-state index in [2.05, 4.69) is 70.8 Å². The molecular formula is C19H31N. The molecule has 0 fully saturated rings. The highest BCUT2D eigenvalue weighted by Gasteiger charge is 2.15. The lowest BCUT2D eigenvalue weighted by Crippen LogP contribution is -2.22. The minimum Gasteiger partial charge on any atom is -0.310 e. The molecular weight excluding hydrogens is 242 g/mol. The van der Waals surface area contributed by atoms with Gasteiger partial charge in [-0.05, 0) is 42.3 Å². The van der Waals surface area contributed by atoms with Crippen LogP contribution in [0.15, 0.2) is 36.4 Å². The summed E-state index contributed by atoms with van der Waals surface area (Å²) >= 11 is 0. The summed E-state index contributed by atoms with van der Waals surface area (Å²) in [7, 11) is 0. The van der Waals surface area contributed by atoms with E-state index >= 15 is 0 Å². The molecule has 0 spiro atoms. The predicted molar refractivity (Wildman–Crippen MR) is 90.2 cm³/mol. The van der Waals surface area contributed by atoms with E-state index in [-0.39, 0.29) is 5.41 Å². The third-order valence-corrected chi connectivity index (χ3v) is 3.81. The van der Waals surface area contributed by atoms with Crippen molar-refractivity contribution in [1.29, 1.82) is 0 Å². The van der Waals surface area contributed by atoms with Crippen LogP contribution in [0.4, 0.5) is 0 Å². The first-order chi connectivity index (χ1) is 9.38. The van der Waals surface area contributed by atoms with Crippen LogP contribution < -0.4 is 5.32 Å². The third kappa shape index (κ3) is 5.13. The Morgan fingerprint density at radius 2 is 1.75 bits per heavy atom. The zero-order chi connectivity index (χ0) is 15.2. The molecule has 0 aromatic heterocycles. The molecule has 0 aliphatic carbocycles. The maximum Gasteiger partial charge on any atom is 0.0357 e. The summed E-state index contributed by atoms with van der Waals surface area (Å²) in [5, 5.41) is 3.65. The molecule has 1 atom stereocenters. The summed E-state index contributed by atoms with van der Waals surface area (Å²) in [6, 6.07) is 9.49. The Balaban J connectivity index is 2.87. The molecule has 1 N–H and O–H groups in total. The smallest absolute Gasteiger partial charge is 0.0357 e. The van der Waals surface area contributed by atoms with Gasteiger partial charge in [-0.1, -0.05) is 71.0 Å². The molecule has 0 heterocycles. The maximum absolute atomic E-state index is 4.16. The van der Waals surface area contributed by atoms with Gasteiger partial charge in [0.1, 0.15) is 0 Å². The summed E-state index contributed by atoms with van der Waals surface area (Å²) in [6.45, 7) is 16.4. The fourth-order valence-electron chi connectivity index (χ4n) is 2.27. The van der Waals surface area contributed by atoms with Crippen molar-refractivity contribution in [3.05, 3.63) is 47.5 Å². The van der Waals surface area contributed by atoms with Crippen LogP contribution in [-0.4, -0.2) is 6.54 Å². The van der Waals surface area contributed by atoms with Crippen molar-refractivity contribution >= 4 is 0 Å². The quantitative estimate of drug-likeness (QED) is 0.658. The molecule has 1 aromatic carbocycles. The lowest BCUT2D eigenvalue weighted by Gasteiger charge is -2.23. The predicted octanol–water partition coefficient (Wildman–Crippen LogP) is 5.38. The molecule has 0 amide bonds. The Bertz CT molecular complexity index is 408. The highest BCUT2D eigenvalue weighted by molar-refractivity contribution is 5.30. The first kappa shape index (κ1) is 17.0. The van der Waals surface area contributed by atoms with Crippen LogP contribution in [0.5, 0.6) is 0 Å². The summed E-state index contributed by atoms with van der Waals surface area (Å²) in [4.78, 5) is 0. The molecule has 0 saturated carbocycles. The standard InChI is InChI=1S/C19H31N/c1-7-13-20-18(14-15(3)8-2)16-9-11-17(12-10-16)19(4,5)6/h9-12,18,20H,3,7-8,13-14H2,1-2,4-6H3. The van der Waals surface area contributed by atoms with E-state index in [0.717, 1.165) is 25.8 Å². The monoisotopic (exact) mass is 273 g/mol. The fourth-order valence-corrected chi connectivity index (χ4v) is 2.27. The molecule has 1 heteroatoms. The van der Waals surface area contributed by atoms with Crippen LogP contribution in [0.3, 0.4) is 0 Å². The second kappa shape index (κ2) is 7.64. The van der Waals surface area contributed by atoms with Gasteiger partial charge in [-0.3, -0.25) is 0 Å². The zero-order valence-corrected chi connectivity index (χ0v) is 13.9. The second-order valence-electron chi connectivity index (χ2n) is 6.69. The van der Waals surface area contributed by atoms with E-state index in [4.69, 9.17) is 0 Å². The molecule has 1 nitrogen and oxygen atoms in total. The lowest BCUT2D eigenvalue weighted by atomic mass is 9.86. The third-order valence-electron chi connectivity index (χ3n) is 3.81. The minimum atomic E-state index is 0.220. The van der Waals surface area contributed by atoms with Gasteiger partial charge in [0.25, 0.3) is 0 Å². The van der Waals surface area contributed by atoms with E-state index in [1.807, 2.05) is 0 Å². The zero-order valence-electron chi connectivity index (χ0n) is 13.9. The Hall–Kier alpha value is -1.08. The van der Waals surface area contributed by atoms with Crippen molar-refractivity contribution in [3.63, 3.8) is 0 Å². The van der Waals surface area contributed by atoms with Crippen LogP contribution in [0.2, 0.25) is 0 Å². The van der Waals surface area contributed by atoms with Crippen LogP contribution in [0, 0.1) is 0 Å². The van der Waals surface area contributed by atoms with Gasteiger partial charge >= 0.3 is 0 Å². The Morgan fingerprint density at radius 3 is 2.20 bits per heavy atom. The summed E-state index contributed by atoms with van der Waals surface area (Å²) in [5.74, 6) is 0. The number of rotatable bonds is 7. The van der Waals surface area contributed by atoms with E-state index in [1.54, 1.807) is 0 Å². The first-order valence-corrected chi connectivity index (χ1v) is 7.89. The van der Waals surface area contributed by atoms with Crippen molar-refractivity contribution in [2.45, 2.75) is 65.3 Å². The van der Waals surface area contributed by atoms with Crippen molar-refractivity contribution in [2.24, 2.45) is 0 Å². The highest BCUT2D eigenvalue weighted by atomic mass is 14.9. The minimum absolute atomic E-state index is 0.220.